The predicted molar refractivity (Wildman–Crippen MR) is 84.8 cm³/mol. The minimum absolute atomic E-state index is 0.484. The van der Waals surface area contributed by atoms with Crippen LogP contribution in [0.5, 0.6) is 0 Å². The van der Waals surface area contributed by atoms with E-state index >= 15 is 0 Å². The van der Waals surface area contributed by atoms with Gasteiger partial charge in [0.25, 0.3) is 0 Å². The number of unbranched alkanes of at least 4 members (excludes halogenated alkanes) is 2. The van der Waals surface area contributed by atoms with Crippen LogP contribution in [-0.2, 0) is 20.0 Å². The second-order valence-electron chi connectivity index (χ2n) is 4.85. The van der Waals surface area contributed by atoms with E-state index in [4.69, 9.17) is 9.05 Å². The Balaban J connectivity index is 2.92. The third-order valence-corrected chi connectivity index (χ3v) is 5.26. The Morgan fingerprint density at radius 1 is 0.950 bits per heavy atom. The Morgan fingerprint density at radius 2 is 1.50 bits per heavy atom. The second kappa shape index (κ2) is 9.33. The molecule has 0 N–H and O–H groups in total. The van der Waals surface area contributed by atoms with E-state index in [1.54, 1.807) is 0 Å². The summed E-state index contributed by atoms with van der Waals surface area (Å²) in [7, 11) is -3.19. The Hall–Kier alpha value is -0.630. The van der Waals surface area contributed by atoms with Crippen molar-refractivity contribution in [3.63, 3.8) is 0 Å². The molecule has 0 saturated heterocycles. The summed E-state index contributed by atoms with van der Waals surface area (Å²) in [4.78, 5) is 0. The van der Waals surface area contributed by atoms with Crippen molar-refractivity contribution in [1.29, 1.82) is 0 Å². The Kier molecular flexibility index (Phi) is 8.13. The summed E-state index contributed by atoms with van der Waals surface area (Å²) in [6.45, 7) is 7.20. The van der Waals surface area contributed by atoms with Gasteiger partial charge in [0.05, 0.1) is 18.5 Å². The lowest BCUT2D eigenvalue weighted by Gasteiger charge is -2.21. The molecule has 1 aromatic rings. The maximum Gasteiger partial charge on any atom is 0.361 e. The first-order valence-electron chi connectivity index (χ1n) is 7.65. The fourth-order valence-electron chi connectivity index (χ4n) is 1.91. The molecular formula is C16H27O3P. The molecule has 1 aromatic carbocycles. The minimum atomic E-state index is -3.19. The topological polar surface area (TPSA) is 35.5 Å². The molecule has 0 saturated carbocycles. The molecule has 0 heterocycles. The van der Waals surface area contributed by atoms with E-state index in [2.05, 4.69) is 20.8 Å². The summed E-state index contributed by atoms with van der Waals surface area (Å²) >= 11 is 0. The van der Waals surface area contributed by atoms with Crippen LogP contribution in [0.4, 0.5) is 0 Å². The molecule has 0 aliphatic heterocycles. The van der Waals surface area contributed by atoms with Gasteiger partial charge in [-0.3, -0.25) is 4.57 Å². The molecular weight excluding hydrogens is 271 g/mol. The van der Waals surface area contributed by atoms with Crippen molar-refractivity contribution in [3.05, 3.63) is 29.8 Å². The molecule has 0 bridgehead atoms. The smallest absolute Gasteiger partial charge is 0.305 e. The van der Waals surface area contributed by atoms with E-state index in [-0.39, 0.29) is 0 Å². The number of hydrogen-bond donors (Lipinski definition) is 0. The van der Waals surface area contributed by atoms with E-state index < -0.39 is 7.60 Å². The van der Waals surface area contributed by atoms with Crippen molar-refractivity contribution in [3.8, 4) is 0 Å². The van der Waals surface area contributed by atoms with Gasteiger partial charge in [-0.15, -0.1) is 0 Å². The fourth-order valence-corrected chi connectivity index (χ4v) is 3.86. The minimum Gasteiger partial charge on any atom is -0.305 e. The highest BCUT2D eigenvalue weighted by atomic mass is 31.2. The van der Waals surface area contributed by atoms with Gasteiger partial charge in [-0.1, -0.05) is 51.8 Å². The van der Waals surface area contributed by atoms with Crippen molar-refractivity contribution in [1.82, 2.24) is 0 Å². The molecule has 0 aliphatic carbocycles. The van der Waals surface area contributed by atoms with E-state index in [1.807, 2.05) is 24.3 Å². The first-order chi connectivity index (χ1) is 9.68. The lowest BCUT2D eigenvalue weighted by atomic mass is 10.2. The Morgan fingerprint density at radius 3 is 2.00 bits per heavy atom. The SMILES string of the molecule is CCCCOP(=O)(OCCCC)c1ccccc1CC. The van der Waals surface area contributed by atoms with Gasteiger partial charge in [0.2, 0.25) is 0 Å². The van der Waals surface area contributed by atoms with Crippen molar-refractivity contribution in [2.75, 3.05) is 13.2 Å². The molecule has 1 rings (SSSR count). The number of rotatable bonds is 10. The zero-order valence-electron chi connectivity index (χ0n) is 12.9. The van der Waals surface area contributed by atoms with Gasteiger partial charge in [-0.05, 0) is 30.9 Å². The van der Waals surface area contributed by atoms with Crippen molar-refractivity contribution < 1.29 is 13.6 Å². The van der Waals surface area contributed by atoms with Gasteiger partial charge >= 0.3 is 7.60 Å². The monoisotopic (exact) mass is 298 g/mol. The summed E-state index contributed by atoms with van der Waals surface area (Å²) in [5.74, 6) is 0. The number of aryl methyl sites for hydroxylation is 1. The summed E-state index contributed by atoms with van der Waals surface area (Å²) in [5.41, 5.74) is 1.05. The third kappa shape index (κ3) is 5.05. The summed E-state index contributed by atoms with van der Waals surface area (Å²) in [6.07, 6.45) is 4.66. The summed E-state index contributed by atoms with van der Waals surface area (Å²) < 4.78 is 24.5. The van der Waals surface area contributed by atoms with Crippen molar-refractivity contribution in [2.24, 2.45) is 0 Å². The molecule has 0 aromatic heterocycles. The zero-order chi connectivity index (χ0) is 14.8. The lowest BCUT2D eigenvalue weighted by Crippen LogP contribution is -2.16. The van der Waals surface area contributed by atoms with E-state index in [0.29, 0.717) is 13.2 Å². The highest BCUT2D eigenvalue weighted by Gasteiger charge is 2.29. The maximum absolute atomic E-state index is 13.1. The van der Waals surface area contributed by atoms with Gasteiger partial charge < -0.3 is 9.05 Å². The standard InChI is InChI=1S/C16H27O3P/c1-4-7-13-18-20(17,19-14-8-5-2)16-12-10-9-11-15(16)6-3/h9-12H,4-8,13-14H2,1-3H3. The Labute approximate surface area is 123 Å². The summed E-state index contributed by atoms with van der Waals surface area (Å²) in [5, 5.41) is 0.731. The van der Waals surface area contributed by atoms with Crippen LogP contribution < -0.4 is 5.30 Å². The zero-order valence-corrected chi connectivity index (χ0v) is 13.8. The molecule has 3 nitrogen and oxygen atoms in total. The average Bonchev–Trinajstić information content (AvgIpc) is 2.48. The average molecular weight is 298 g/mol. The molecule has 0 atom stereocenters. The fraction of sp³-hybridized carbons (Fsp3) is 0.625. The first-order valence-corrected chi connectivity index (χ1v) is 9.19. The number of benzene rings is 1. The van der Waals surface area contributed by atoms with Crippen molar-refractivity contribution >= 4 is 12.9 Å². The van der Waals surface area contributed by atoms with E-state index in [1.165, 1.54) is 0 Å². The summed E-state index contributed by atoms with van der Waals surface area (Å²) in [6, 6.07) is 7.73. The highest BCUT2D eigenvalue weighted by Crippen LogP contribution is 2.48. The third-order valence-electron chi connectivity index (χ3n) is 3.19. The van der Waals surface area contributed by atoms with Gasteiger partial charge in [0.1, 0.15) is 0 Å². The van der Waals surface area contributed by atoms with Gasteiger partial charge in [0.15, 0.2) is 0 Å². The van der Waals surface area contributed by atoms with Gasteiger partial charge in [-0.2, -0.15) is 0 Å². The Bertz CT molecular complexity index is 417. The normalized spacial score (nSPS) is 11.8. The van der Waals surface area contributed by atoms with Crippen molar-refractivity contribution in [2.45, 2.75) is 52.9 Å². The van der Waals surface area contributed by atoms with E-state index in [0.717, 1.165) is 43.0 Å². The highest BCUT2D eigenvalue weighted by molar-refractivity contribution is 7.62. The molecule has 0 fully saturated rings. The maximum atomic E-state index is 13.1. The molecule has 4 heteroatoms. The van der Waals surface area contributed by atoms with Crippen LogP contribution in [-0.4, -0.2) is 13.2 Å². The second-order valence-corrected chi connectivity index (χ2v) is 6.85. The lowest BCUT2D eigenvalue weighted by molar-refractivity contribution is 0.208. The molecule has 0 amide bonds. The van der Waals surface area contributed by atoms with Gasteiger partial charge in [0, 0.05) is 0 Å². The van der Waals surface area contributed by atoms with Crippen LogP contribution in [0.15, 0.2) is 24.3 Å². The molecule has 114 valence electrons. The quantitative estimate of drug-likeness (QED) is 0.464. The van der Waals surface area contributed by atoms with Crippen LogP contribution in [0.3, 0.4) is 0 Å². The number of hydrogen-bond acceptors (Lipinski definition) is 3. The van der Waals surface area contributed by atoms with Crippen LogP contribution in [0.25, 0.3) is 0 Å². The van der Waals surface area contributed by atoms with Gasteiger partial charge in [-0.25, -0.2) is 0 Å². The molecule has 0 spiro atoms. The molecule has 0 unspecified atom stereocenters. The van der Waals surface area contributed by atoms with Crippen LogP contribution >= 0.6 is 7.60 Å². The van der Waals surface area contributed by atoms with E-state index in [9.17, 15) is 4.57 Å². The first kappa shape index (κ1) is 17.4. The molecule has 0 radical (unpaired) electrons. The molecule has 20 heavy (non-hydrogen) atoms. The largest absolute Gasteiger partial charge is 0.361 e. The van der Waals surface area contributed by atoms with Crippen LogP contribution in [0.1, 0.15) is 52.0 Å². The predicted octanol–water partition coefficient (Wildman–Crippen LogP) is 4.70. The molecule has 0 aliphatic rings. The van der Waals surface area contributed by atoms with Crippen LogP contribution in [0.2, 0.25) is 0 Å². The van der Waals surface area contributed by atoms with Crippen LogP contribution in [0, 0.1) is 0 Å².